The van der Waals surface area contributed by atoms with E-state index in [1.165, 1.54) is 12.1 Å². The fraction of sp³-hybridized carbons (Fsp3) is 0.417. The number of non-ortho nitro benzene ring substituents is 1. The van der Waals surface area contributed by atoms with Crippen LogP contribution in [0.2, 0.25) is 0 Å². The first-order valence-electron chi connectivity index (χ1n) is 5.92. The Morgan fingerprint density at radius 3 is 2.53 bits per heavy atom. The van der Waals surface area contributed by atoms with Crippen LogP contribution in [0, 0.1) is 16.0 Å². The molecule has 19 heavy (non-hydrogen) atoms. The number of alkyl halides is 1. The number of amides is 1. The Balaban J connectivity index is 2.08. The van der Waals surface area contributed by atoms with Crippen LogP contribution >= 0.6 is 0 Å². The van der Waals surface area contributed by atoms with Crippen molar-refractivity contribution in [3.8, 4) is 0 Å². The summed E-state index contributed by atoms with van der Waals surface area (Å²) >= 11 is 0. The van der Waals surface area contributed by atoms with E-state index in [-0.39, 0.29) is 12.2 Å². The predicted molar refractivity (Wildman–Crippen MR) is 67.5 cm³/mol. The predicted octanol–water partition coefficient (Wildman–Crippen LogP) is 1.24. The zero-order chi connectivity index (χ0) is 14.0. The molecule has 7 heteroatoms. The molecule has 1 aliphatic rings. The first kappa shape index (κ1) is 13.3. The zero-order valence-electron chi connectivity index (χ0n) is 10.2. The first-order valence-corrected chi connectivity index (χ1v) is 5.92. The van der Waals surface area contributed by atoms with Crippen molar-refractivity contribution in [2.75, 3.05) is 18.0 Å². The minimum absolute atomic E-state index is 0.00688. The summed E-state index contributed by atoms with van der Waals surface area (Å²) in [6.45, 7) is 0.581. The van der Waals surface area contributed by atoms with E-state index in [4.69, 9.17) is 5.73 Å². The normalized spacial score (nSPS) is 23.1. The van der Waals surface area contributed by atoms with Gasteiger partial charge in [0.25, 0.3) is 5.69 Å². The highest BCUT2D eigenvalue weighted by atomic mass is 19.1. The van der Waals surface area contributed by atoms with Gasteiger partial charge in [0, 0.05) is 30.9 Å². The monoisotopic (exact) mass is 267 g/mol. The number of nitrogens with two attached hydrogens (primary N) is 1. The van der Waals surface area contributed by atoms with Crippen molar-refractivity contribution in [1.29, 1.82) is 0 Å². The molecule has 0 bridgehead atoms. The molecule has 0 spiro atoms. The Morgan fingerprint density at radius 1 is 1.42 bits per heavy atom. The number of primary amides is 1. The lowest BCUT2D eigenvalue weighted by Crippen LogP contribution is -2.46. The van der Waals surface area contributed by atoms with Crippen LogP contribution < -0.4 is 10.6 Å². The van der Waals surface area contributed by atoms with Gasteiger partial charge in [-0.25, -0.2) is 4.39 Å². The van der Waals surface area contributed by atoms with Crippen LogP contribution in [0.1, 0.15) is 6.42 Å². The molecule has 0 radical (unpaired) electrons. The molecular weight excluding hydrogens is 253 g/mol. The van der Waals surface area contributed by atoms with E-state index in [9.17, 15) is 19.3 Å². The molecule has 6 nitrogen and oxygen atoms in total. The molecule has 0 aliphatic carbocycles. The van der Waals surface area contributed by atoms with Gasteiger partial charge in [-0.2, -0.15) is 0 Å². The lowest BCUT2D eigenvalue weighted by atomic mass is 9.94. The van der Waals surface area contributed by atoms with Crippen LogP contribution in [0.25, 0.3) is 0 Å². The van der Waals surface area contributed by atoms with E-state index >= 15 is 0 Å². The number of benzene rings is 1. The fourth-order valence-corrected chi connectivity index (χ4v) is 2.25. The Morgan fingerprint density at radius 2 is 2.05 bits per heavy atom. The van der Waals surface area contributed by atoms with Gasteiger partial charge in [0.1, 0.15) is 6.17 Å². The molecule has 2 atom stereocenters. The molecule has 1 amide bonds. The Kier molecular flexibility index (Phi) is 3.64. The van der Waals surface area contributed by atoms with Gasteiger partial charge in [-0.05, 0) is 18.6 Å². The van der Waals surface area contributed by atoms with E-state index in [2.05, 4.69) is 0 Å². The van der Waals surface area contributed by atoms with Gasteiger partial charge in [0.05, 0.1) is 10.8 Å². The Hall–Kier alpha value is -2.18. The highest BCUT2D eigenvalue weighted by Gasteiger charge is 2.33. The van der Waals surface area contributed by atoms with Crippen LogP contribution in [0.3, 0.4) is 0 Å². The Bertz CT molecular complexity index is 491. The number of rotatable bonds is 3. The molecule has 102 valence electrons. The number of nitro groups is 1. The summed E-state index contributed by atoms with van der Waals surface area (Å²) in [7, 11) is 0. The van der Waals surface area contributed by atoms with Crippen molar-refractivity contribution in [3.63, 3.8) is 0 Å². The maximum Gasteiger partial charge on any atom is 0.269 e. The molecule has 1 aromatic carbocycles. The number of nitro benzene ring substituents is 1. The quantitative estimate of drug-likeness (QED) is 0.659. The summed E-state index contributed by atoms with van der Waals surface area (Å²) in [5, 5.41) is 10.5. The maximum absolute atomic E-state index is 13.8. The lowest BCUT2D eigenvalue weighted by Gasteiger charge is -2.34. The minimum Gasteiger partial charge on any atom is -0.369 e. The summed E-state index contributed by atoms with van der Waals surface area (Å²) in [6, 6.07) is 5.91. The molecule has 1 fully saturated rings. The molecule has 1 heterocycles. The largest absolute Gasteiger partial charge is 0.369 e. The zero-order valence-corrected chi connectivity index (χ0v) is 10.2. The van der Waals surface area contributed by atoms with Crippen molar-refractivity contribution in [1.82, 2.24) is 0 Å². The van der Waals surface area contributed by atoms with Crippen LogP contribution in [-0.2, 0) is 4.79 Å². The molecular formula is C12H14FN3O3. The third-order valence-electron chi connectivity index (χ3n) is 3.33. The van der Waals surface area contributed by atoms with Crippen LogP contribution in [0.15, 0.2) is 24.3 Å². The average molecular weight is 267 g/mol. The minimum atomic E-state index is -1.30. The standard InChI is InChI=1S/C12H14FN3O3/c13-11-7-15(6-5-10(11)12(14)17)8-1-3-9(4-2-8)16(18)19/h1-4,10-11H,5-7H2,(H2,14,17). The van der Waals surface area contributed by atoms with Gasteiger partial charge in [0.15, 0.2) is 0 Å². The van der Waals surface area contributed by atoms with E-state index in [0.29, 0.717) is 18.7 Å². The van der Waals surface area contributed by atoms with Crippen molar-refractivity contribution in [2.45, 2.75) is 12.6 Å². The van der Waals surface area contributed by atoms with Gasteiger partial charge in [-0.15, -0.1) is 0 Å². The fourth-order valence-electron chi connectivity index (χ4n) is 2.25. The van der Waals surface area contributed by atoms with E-state index < -0.39 is 22.9 Å². The molecule has 1 aromatic rings. The maximum atomic E-state index is 13.8. The number of nitrogens with zero attached hydrogens (tertiary/aromatic N) is 2. The van der Waals surface area contributed by atoms with Gasteiger partial charge in [0.2, 0.25) is 5.91 Å². The summed E-state index contributed by atoms with van der Waals surface area (Å²) in [4.78, 5) is 22.8. The first-order chi connectivity index (χ1) is 8.99. The molecule has 0 aromatic heterocycles. The SMILES string of the molecule is NC(=O)C1CCN(c2ccc([N+](=O)[O-])cc2)CC1F. The third-order valence-corrected chi connectivity index (χ3v) is 3.33. The second-order valence-electron chi connectivity index (χ2n) is 4.53. The molecule has 0 saturated carbocycles. The highest BCUT2D eigenvalue weighted by molar-refractivity contribution is 5.77. The second-order valence-corrected chi connectivity index (χ2v) is 4.53. The molecule has 2 rings (SSSR count). The van der Waals surface area contributed by atoms with Gasteiger partial charge < -0.3 is 10.6 Å². The second kappa shape index (κ2) is 5.21. The molecule has 2 unspecified atom stereocenters. The Labute approximate surface area is 109 Å². The third kappa shape index (κ3) is 2.81. The smallest absolute Gasteiger partial charge is 0.269 e. The molecule has 2 N–H and O–H groups in total. The summed E-state index contributed by atoms with van der Waals surface area (Å²) in [5.74, 6) is -1.36. The number of hydrogen-bond acceptors (Lipinski definition) is 4. The molecule has 1 aliphatic heterocycles. The van der Waals surface area contributed by atoms with Gasteiger partial charge >= 0.3 is 0 Å². The van der Waals surface area contributed by atoms with E-state index in [0.717, 1.165) is 0 Å². The number of piperidine rings is 1. The van der Waals surface area contributed by atoms with Crippen LogP contribution in [-0.4, -0.2) is 30.1 Å². The topological polar surface area (TPSA) is 89.5 Å². The summed E-state index contributed by atoms with van der Waals surface area (Å²) < 4.78 is 13.8. The van der Waals surface area contributed by atoms with E-state index in [1.54, 1.807) is 17.0 Å². The van der Waals surface area contributed by atoms with Crippen molar-refractivity contribution in [2.24, 2.45) is 11.7 Å². The van der Waals surface area contributed by atoms with Crippen molar-refractivity contribution in [3.05, 3.63) is 34.4 Å². The van der Waals surface area contributed by atoms with Gasteiger partial charge in [-0.1, -0.05) is 0 Å². The number of halogens is 1. The number of anilines is 1. The molecule has 1 saturated heterocycles. The summed E-state index contributed by atoms with van der Waals surface area (Å²) in [5.41, 5.74) is 5.82. The summed E-state index contributed by atoms with van der Waals surface area (Å²) in [6.07, 6.45) is -0.950. The van der Waals surface area contributed by atoms with Crippen LogP contribution in [0.5, 0.6) is 0 Å². The van der Waals surface area contributed by atoms with E-state index in [1.807, 2.05) is 0 Å². The van der Waals surface area contributed by atoms with Crippen molar-refractivity contribution >= 4 is 17.3 Å². The van der Waals surface area contributed by atoms with Crippen LogP contribution in [0.4, 0.5) is 15.8 Å². The number of carbonyl (C=O) groups excluding carboxylic acids is 1. The van der Waals surface area contributed by atoms with Gasteiger partial charge in [-0.3, -0.25) is 14.9 Å². The highest BCUT2D eigenvalue weighted by Crippen LogP contribution is 2.26. The van der Waals surface area contributed by atoms with Crippen molar-refractivity contribution < 1.29 is 14.1 Å². The lowest BCUT2D eigenvalue weighted by molar-refractivity contribution is -0.384. The number of hydrogen-bond donors (Lipinski definition) is 1. The number of carbonyl (C=O) groups is 1. The average Bonchev–Trinajstić information content (AvgIpc) is 2.38.